The first-order valence-electron chi connectivity index (χ1n) is 10.1. The molecule has 1 aromatic heterocycles. The molecule has 7 heteroatoms. The molecule has 0 saturated carbocycles. The first kappa shape index (κ1) is 17.4. The van der Waals surface area contributed by atoms with E-state index in [1.54, 1.807) is 0 Å². The fraction of sp³-hybridized carbons (Fsp3) is 0.476. The van der Waals surface area contributed by atoms with Gasteiger partial charge in [0.05, 0.1) is 6.61 Å². The highest BCUT2D eigenvalue weighted by molar-refractivity contribution is 5.92. The van der Waals surface area contributed by atoms with Crippen molar-refractivity contribution >= 4 is 11.7 Å². The lowest BCUT2D eigenvalue weighted by Crippen LogP contribution is -2.46. The maximum atomic E-state index is 12.5. The minimum atomic E-state index is -0.0298. The van der Waals surface area contributed by atoms with E-state index in [9.17, 15) is 4.79 Å². The molecule has 0 atom stereocenters. The smallest absolute Gasteiger partial charge is 0.274 e. The van der Waals surface area contributed by atoms with Gasteiger partial charge in [0.15, 0.2) is 11.5 Å². The molecule has 0 unspecified atom stereocenters. The Hall–Kier alpha value is -2.67. The lowest BCUT2D eigenvalue weighted by molar-refractivity contribution is 0.0728. The normalized spacial score (nSPS) is 20.7. The highest BCUT2D eigenvalue weighted by Gasteiger charge is 2.43. The van der Waals surface area contributed by atoms with Crippen LogP contribution in [-0.2, 0) is 5.41 Å². The van der Waals surface area contributed by atoms with Gasteiger partial charge in [-0.1, -0.05) is 18.2 Å². The van der Waals surface area contributed by atoms with Crippen molar-refractivity contribution in [1.82, 2.24) is 20.4 Å². The Morgan fingerprint density at radius 1 is 1.00 bits per heavy atom. The van der Waals surface area contributed by atoms with Crippen LogP contribution in [0.4, 0.5) is 5.82 Å². The number of ether oxygens (including phenoxy) is 1. The molecule has 4 heterocycles. The van der Waals surface area contributed by atoms with Gasteiger partial charge < -0.3 is 19.9 Å². The molecule has 0 aliphatic carbocycles. The summed E-state index contributed by atoms with van der Waals surface area (Å²) in [4.78, 5) is 16.6. The number of nitrogens with one attached hydrogen (secondary N) is 1. The predicted octanol–water partition coefficient (Wildman–Crippen LogP) is 1.45. The SMILES string of the molecule is O=C(c1ccc(N2CCC3(CC2)COc2ccccc23)nn1)N1CCNCC1. The summed E-state index contributed by atoms with van der Waals surface area (Å²) in [7, 11) is 0. The standard InChI is InChI=1S/C21H25N5O2/c27-20(26-13-9-22-10-14-26)17-5-6-19(24-23-17)25-11-7-21(8-12-25)15-28-18-4-2-1-3-16(18)21/h1-6,22H,7-15H2. The van der Waals surface area contributed by atoms with E-state index in [0.717, 1.165) is 70.3 Å². The average Bonchev–Trinajstić information content (AvgIpc) is 3.13. The van der Waals surface area contributed by atoms with Gasteiger partial charge in [0.25, 0.3) is 5.91 Å². The van der Waals surface area contributed by atoms with Crippen molar-refractivity contribution in [3.63, 3.8) is 0 Å². The van der Waals surface area contributed by atoms with Gasteiger partial charge in [-0.3, -0.25) is 4.79 Å². The summed E-state index contributed by atoms with van der Waals surface area (Å²) < 4.78 is 5.94. The Morgan fingerprint density at radius 2 is 1.79 bits per heavy atom. The summed E-state index contributed by atoms with van der Waals surface area (Å²) >= 11 is 0. The minimum absolute atomic E-state index is 0.0298. The molecular weight excluding hydrogens is 354 g/mol. The maximum absolute atomic E-state index is 12.5. The van der Waals surface area contributed by atoms with Crippen LogP contribution >= 0.6 is 0 Å². The van der Waals surface area contributed by atoms with Gasteiger partial charge in [-0.15, -0.1) is 10.2 Å². The van der Waals surface area contributed by atoms with Crippen LogP contribution in [0.3, 0.4) is 0 Å². The number of amides is 1. The molecule has 146 valence electrons. The van der Waals surface area contributed by atoms with E-state index in [1.165, 1.54) is 5.56 Å². The monoisotopic (exact) mass is 379 g/mol. The number of hydrogen-bond acceptors (Lipinski definition) is 6. The Labute approximate surface area is 164 Å². The fourth-order valence-corrected chi connectivity index (χ4v) is 4.54. The number of aromatic nitrogens is 2. The van der Waals surface area contributed by atoms with Crippen LogP contribution in [0.15, 0.2) is 36.4 Å². The summed E-state index contributed by atoms with van der Waals surface area (Å²) in [5.41, 5.74) is 1.90. The van der Waals surface area contributed by atoms with Crippen LogP contribution < -0.4 is 15.0 Å². The number of benzene rings is 1. The zero-order valence-corrected chi connectivity index (χ0v) is 15.9. The molecule has 3 aliphatic heterocycles. The predicted molar refractivity (Wildman–Crippen MR) is 106 cm³/mol. The number of rotatable bonds is 2. The molecule has 0 radical (unpaired) electrons. The third-order valence-corrected chi connectivity index (χ3v) is 6.28. The Kier molecular flexibility index (Phi) is 4.39. The molecule has 5 rings (SSSR count). The molecule has 2 fully saturated rings. The quantitative estimate of drug-likeness (QED) is 0.852. The van der Waals surface area contributed by atoms with Gasteiger partial charge in [-0.05, 0) is 31.0 Å². The number of piperidine rings is 1. The van der Waals surface area contributed by atoms with Crippen LogP contribution in [-0.4, -0.2) is 66.9 Å². The number of hydrogen-bond donors (Lipinski definition) is 1. The number of fused-ring (bicyclic) bond motifs is 2. The summed E-state index contributed by atoms with van der Waals surface area (Å²) in [5, 5.41) is 11.8. The highest BCUT2D eigenvalue weighted by Crippen LogP contribution is 2.45. The van der Waals surface area contributed by atoms with Gasteiger partial charge in [0, 0.05) is 50.2 Å². The summed E-state index contributed by atoms with van der Waals surface area (Å²) in [6.07, 6.45) is 2.07. The molecule has 28 heavy (non-hydrogen) atoms. The van der Waals surface area contributed by atoms with Crippen molar-refractivity contribution in [3.8, 4) is 5.75 Å². The second-order valence-corrected chi connectivity index (χ2v) is 7.87. The van der Waals surface area contributed by atoms with E-state index in [1.807, 2.05) is 23.1 Å². The summed E-state index contributed by atoms with van der Waals surface area (Å²) in [6, 6.07) is 12.1. The van der Waals surface area contributed by atoms with Gasteiger partial charge in [-0.2, -0.15) is 0 Å². The largest absolute Gasteiger partial charge is 0.492 e. The molecule has 0 bridgehead atoms. The minimum Gasteiger partial charge on any atom is -0.492 e. The van der Waals surface area contributed by atoms with Gasteiger partial charge in [-0.25, -0.2) is 0 Å². The molecule has 1 N–H and O–H groups in total. The molecule has 2 aromatic rings. The molecule has 3 aliphatic rings. The van der Waals surface area contributed by atoms with Crippen molar-refractivity contribution in [2.75, 3.05) is 50.8 Å². The first-order chi connectivity index (χ1) is 13.8. The van der Waals surface area contributed by atoms with E-state index in [4.69, 9.17) is 4.74 Å². The van der Waals surface area contributed by atoms with Crippen LogP contribution in [0.5, 0.6) is 5.75 Å². The summed E-state index contributed by atoms with van der Waals surface area (Å²) in [5.74, 6) is 1.85. The van der Waals surface area contributed by atoms with Crippen molar-refractivity contribution in [2.45, 2.75) is 18.3 Å². The molecular formula is C21H25N5O2. The first-order valence-corrected chi connectivity index (χ1v) is 10.1. The average molecular weight is 379 g/mol. The van der Waals surface area contributed by atoms with Crippen LogP contribution in [0, 0.1) is 0 Å². The molecule has 7 nitrogen and oxygen atoms in total. The number of anilines is 1. The third kappa shape index (κ3) is 2.99. The van der Waals surface area contributed by atoms with Gasteiger partial charge >= 0.3 is 0 Å². The number of nitrogens with zero attached hydrogens (tertiary/aromatic N) is 4. The third-order valence-electron chi connectivity index (χ3n) is 6.28. The van der Waals surface area contributed by atoms with Crippen molar-refractivity contribution in [2.24, 2.45) is 0 Å². The number of carbonyl (C=O) groups is 1. The topological polar surface area (TPSA) is 70.6 Å². The second kappa shape index (κ2) is 7.05. The maximum Gasteiger partial charge on any atom is 0.274 e. The second-order valence-electron chi connectivity index (χ2n) is 7.87. The molecule has 1 spiro atoms. The van der Waals surface area contributed by atoms with Gasteiger partial charge in [0.2, 0.25) is 0 Å². The van der Waals surface area contributed by atoms with Crippen LogP contribution in [0.2, 0.25) is 0 Å². The van der Waals surface area contributed by atoms with E-state index < -0.39 is 0 Å². The summed E-state index contributed by atoms with van der Waals surface area (Å²) in [6.45, 7) is 5.71. The van der Waals surface area contributed by atoms with E-state index in [2.05, 4.69) is 38.6 Å². The molecule has 2 saturated heterocycles. The fourth-order valence-electron chi connectivity index (χ4n) is 4.54. The highest BCUT2D eigenvalue weighted by atomic mass is 16.5. The molecule has 1 aromatic carbocycles. The lowest BCUT2D eigenvalue weighted by atomic mass is 9.74. The zero-order chi connectivity index (χ0) is 19.0. The number of piperazine rings is 1. The number of carbonyl (C=O) groups excluding carboxylic acids is 1. The van der Waals surface area contributed by atoms with Crippen molar-refractivity contribution in [1.29, 1.82) is 0 Å². The van der Waals surface area contributed by atoms with Crippen LogP contribution in [0.1, 0.15) is 28.9 Å². The van der Waals surface area contributed by atoms with E-state index in [-0.39, 0.29) is 11.3 Å². The van der Waals surface area contributed by atoms with Gasteiger partial charge in [0.1, 0.15) is 5.75 Å². The Bertz CT molecular complexity index is 855. The molecule has 1 amide bonds. The van der Waals surface area contributed by atoms with Crippen molar-refractivity contribution < 1.29 is 9.53 Å². The lowest BCUT2D eigenvalue weighted by Gasteiger charge is -2.38. The van der Waals surface area contributed by atoms with E-state index >= 15 is 0 Å². The van der Waals surface area contributed by atoms with Crippen molar-refractivity contribution in [3.05, 3.63) is 47.7 Å². The van der Waals surface area contributed by atoms with E-state index in [0.29, 0.717) is 5.69 Å². The Balaban J connectivity index is 1.25. The van der Waals surface area contributed by atoms with Crippen LogP contribution in [0.25, 0.3) is 0 Å². The number of para-hydroxylation sites is 1. The Morgan fingerprint density at radius 3 is 2.54 bits per heavy atom. The zero-order valence-electron chi connectivity index (χ0n) is 15.9.